The van der Waals surface area contributed by atoms with Crippen molar-refractivity contribution in [2.75, 3.05) is 30.0 Å². The van der Waals surface area contributed by atoms with Crippen LogP contribution in [0.5, 0.6) is 0 Å². The van der Waals surface area contributed by atoms with E-state index in [0.29, 0.717) is 41.9 Å². The molecule has 4 atom stereocenters. The second-order valence-electron chi connectivity index (χ2n) is 11.5. The lowest BCUT2D eigenvalue weighted by atomic mass is 9.89. The maximum atomic E-state index is 13.1. The number of nitrogens with one attached hydrogen (secondary N) is 1. The molecule has 0 unspecified atom stereocenters. The van der Waals surface area contributed by atoms with Gasteiger partial charge in [0.2, 0.25) is 0 Å². The van der Waals surface area contributed by atoms with Crippen LogP contribution in [0, 0.1) is 23.7 Å². The van der Waals surface area contributed by atoms with E-state index in [1.807, 2.05) is 0 Å². The van der Waals surface area contributed by atoms with Crippen molar-refractivity contribution in [3.05, 3.63) is 51.4 Å². The number of ether oxygens (including phenoxy) is 1. The van der Waals surface area contributed by atoms with Crippen molar-refractivity contribution in [3.8, 4) is 0 Å². The molecule has 3 saturated carbocycles. The van der Waals surface area contributed by atoms with Crippen LogP contribution in [-0.2, 0) is 10.9 Å². The molecular formula is C28H34ClF3N4O2. The molecule has 4 fully saturated rings. The van der Waals surface area contributed by atoms with Gasteiger partial charge in [0.15, 0.2) is 0 Å². The first-order valence-corrected chi connectivity index (χ1v) is 14.1. The molecule has 0 bridgehead atoms. The van der Waals surface area contributed by atoms with Gasteiger partial charge in [0.1, 0.15) is 5.02 Å². The van der Waals surface area contributed by atoms with Gasteiger partial charge >= 0.3 is 6.18 Å². The number of anilines is 2. The molecule has 206 valence electrons. The summed E-state index contributed by atoms with van der Waals surface area (Å²) >= 11 is 6.51. The molecule has 6 nitrogen and oxygen atoms in total. The molecule has 1 aromatic carbocycles. The Bertz CT molecular complexity index is 1210. The summed E-state index contributed by atoms with van der Waals surface area (Å²) in [5, 5.41) is 7.99. The zero-order valence-corrected chi connectivity index (χ0v) is 22.2. The highest BCUT2D eigenvalue weighted by Gasteiger charge is 2.53. The first kappa shape index (κ1) is 26.0. The Morgan fingerprint density at radius 2 is 1.74 bits per heavy atom. The number of hydrogen-bond acceptors (Lipinski definition) is 5. The number of halogens is 4. The number of fused-ring (bicyclic) bond motifs is 1. The predicted molar refractivity (Wildman–Crippen MR) is 141 cm³/mol. The molecule has 10 heteroatoms. The number of aromatic nitrogens is 2. The van der Waals surface area contributed by atoms with Crippen LogP contribution in [0.4, 0.5) is 24.5 Å². The summed E-state index contributed by atoms with van der Waals surface area (Å²) in [5.41, 5.74) is 0.506. The van der Waals surface area contributed by atoms with Gasteiger partial charge in [-0.25, -0.2) is 4.68 Å². The lowest BCUT2D eigenvalue weighted by molar-refractivity contribution is -0.137. The SMILES string of the molecule is C[C@H]1[C@H]2COC[C@@H](CNc3cnn([C@H]4CC[C@H](N(c5ccc(C(F)(F)F)cc5)C5CC5)CC4)c(=O)c3Cl)[C@H]12. The molecule has 3 aliphatic carbocycles. The van der Waals surface area contributed by atoms with Crippen LogP contribution in [0.3, 0.4) is 0 Å². The Kier molecular flexibility index (Phi) is 6.87. The van der Waals surface area contributed by atoms with Crippen LogP contribution in [0.25, 0.3) is 0 Å². The van der Waals surface area contributed by atoms with Crippen molar-refractivity contribution in [3.63, 3.8) is 0 Å². The Balaban J connectivity index is 1.09. The second kappa shape index (κ2) is 10.0. The van der Waals surface area contributed by atoms with E-state index in [-0.39, 0.29) is 22.7 Å². The van der Waals surface area contributed by atoms with Crippen LogP contribution in [0.15, 0.2) is 35.3 Å². The molecule has 1 aliphatic heterocycles. The molecule has 6 rings (SSSR count). The van der Waals surface area contributed by atoms with E-state index in [0.717, 1.165) is 57.4 Å². The van der Waals surface area contributed by atoms with Gasteiger partial charge < -0.3 is 15.0 Å². The minimum Gasteiger partial charge on any atom is -0.382 e. The summed E-state index contributed by atoms with van der Waals surface area (Å²) in [4.78, 5) is 15.4. The highest BCUT2D eigenvalue weighted by molar-refractivity contribution is 6.32. The van der Waals surface area contributed by atoms with E-state index in [1.165, 1.54) is 16.8 Å². The molecule has 1 saturated heterocycles. The van der Waals surface area contributed by atoms with Crippen molar-refractivity contribution in [2.45, 2.75) is 69.8 Å². The number of hydrogen-bond donors (Lipinski definition) is 1. The Morgan fingerprint density at radius 3 is 2.37 bits per heavy atom. The number of alkyl halides is 3. The highest BCUT2D eigenvalue weighted by Crippen LogP contribution is 2.53. The normalized spacial score (nSPS) is 31.0. The van der Waals surface area contributed by atoms with E-state index < -0.39 is 11.7 Å². The molecule has 1 aromatic heterocycles. The van der Waals surface area contributed by atoms with Crippen molar-refractivity contribution in [1.29, 1.82) is 0 Å². The third kappa shape index (κ3) is 5.04. The highest BCUT2D eigenvalue weighted by atomic mass is 35.5. The van der Waals surface area contributed by atoms with E-state index >= 15 is 0 Å². The first-order valence-electron chi connectivity index (χ1n) is 13.8. The fraction of sp³-hybridized carbons (Fsp3) is 0.643. The fourth-order valence-electron chi connectivity index (χ4n) is 6.83. The van der Waals surface area contributed by atoms with E-state index in [4.69, 9.17) is 16.3 Å². The van der Waals surface area contributed by atoms with Crippen LogP contribution in [0.2, 0.25) is 5.02 Å². The quantitative estimate of drug-likeness (QED) is 0.457. The van der Waals surface area contributed by atoms with Gasteiger partial charge in [-0.05, 0) is 80.5 Å². The van der Waals surface area contributed by atoms with Gasteiger partial charge in [-0.3, -0.25) is 4.79 Å². The third-order valence-electron chi connectivity index (χ3n) is 9.16. The van der Waals surface area contributed by atoms with Gasteiger partial charge in [-0.1, -0.05) is 18.5 Å². The Morgan fingerprint density at radius 1 is 1.08 bits per heavy atom. The molecule has 38 heavy (non-hydrogen) atoms. The van der Waals surface area contributed by atoms with Crippen LogP contribution < -0.4 is 15.8 Å². The summed E-state index contributed by atoms with van der Waals surface area (Å²) in [6, 6.07) is 6.08. The first-order chi connectivity index (χ1) is 18.2. The minimum absolute atomic E-state index is 0.0428. The number of rotatable bonds is 7. The van der Waals surface area contributed by atoms with E-state index in [1.54, 1.807) is 18.3 Å². The zero-order valence-electron chi connectivity index (χ0n) is 21.5. The minimum atomic E-state index is -4.34. The summed E-state index contributed by atoms with van der Waals surface area (Å²) in [6.07, 6.45) is 2.66. The molecular weight excluding hydrogens is 517 g/mol. The Hall–Kier alpha value is -2.26. The van der Waals surface area contributed by atoms with Crippen molar-refractivity contribution in [2.24, 2.45) is 23.7 Å². The van der Waals surface area contributed by atoms with Crippen molar-refractivity contribution >= 4 is 23.0 Å². The van der Waals surface area contributed by atoms with Gasteiger partial charge in [0.25, 0.3) is 5.56 Å². The largest absolute Gasteiger partial charge is 0.416 e. The summed E-state index contributed by atoms with van der Waals surface area (Å²) in [5.74, 6) is 2.44. The summed E-state index contributed by atoms with van der Waals surface area (Å²) < 4.78 is 46.3. The molecule has 0 spiro atoms. The van der Waals surface area contributed by atoms with Gasteiger partial charge in [0, 0.05) is 36.8 Å². The number of nitrogens with zero attached hydrogens (tertiary/aromatic N) is 3. The van der Waals surface area contributed by atoms with Gasteiger partial charge in [-0.15, -0.1) is 0 Å². The summed E-state index contributed by atoms with van der Waals surface area (Å²) in [7, 11) is 0. The predicted octanol–water partition coefficient (Wildman–Crippen LogP) is 6.01. The summed E-state index contributed by atoms with van der Waals surface area (Å²) in [6.45, 7) is 4.57. The zero-order chi connectivity index (χ0) is 26.6. The maximum Gasteiger partial charge on any atom is 0.416 e. The average Bonchev–Trinajstić information content (AvgIpc) is 3.84. The van der Waals surface area contributed by atoms with Gasteiger partial charge in [0.05, 0.1) is 30.1 Å². The smallest absolute Gasteiger partial charge is 0.382 e. The fourth-order valence-corrected chi connectivity index (χ4v) is 7.03. The molecule has 0 amide bonds. The standard InChI is InChI=1S/C28H34ClF3N4O2/c1-16-23-15-38-14-17(25(16)23)12-33-24-13-34-36(27(37)26(24)29)22-10-8-21(9-11-22)35(20-6-7-20)19-4-2-18(3-5-19)28(30,31)32/h2-5,13,16-17,20-23,25,33H,6-12,14-15H2,1H3/t16-,17+,21-,22-,23+,25-/m0/s1. The molecule has 4 aliphatic rings. The Labute approximate surface area is 225 Å². The van der Waals surface area contributed by atoms with Crippen molar-refractivity contribution in [1.82, 2.24) is 9.78 Å². The van der Waals surface area contributed by atoms with Gasteiger partial charge in [-0.2, -0.15) is 18.3 Å². The molecule has 0 radical (unpaired) electrons. The maximum absolute atomic E-state index is 13.1. The average molecular weight is 551 g/mol. The number of benzene rings is 1. The van der Waals surface area contributed by atoms with E-state index in [9.17, 15) is 18.0 Å². The van der Waals surface area contributed by atoms with Crippen LogP contribution in [0.1, 0.15) is 57.1 Å². The third-order valence-corrected chi connectivity index (χ3v) is 9.52. The topological polar surface area (TPSA) is 59.4 Å². The second-order valence-corrected chi connectivity index (χ2v) is 11.9. The lowest BCUT2D eigenvalue weighted by Crippen LogP contribution is -2.41. The van der Waals surface area contributed by atoms with Crippen LogP contribution >= 0.6 is 11.6 Å². The monoisotopic (exact) mass is 550 g/mol. The lowest BCUT2D eigenvalue weighted by Gasteiger charge is -2.39. The molecule has 2 heterocycles. The van der Waals surface area contributed by atoms with Crippen molar-refractivity contribution < 1.29 is 17.9 Å². The van der Waals surface area contributed by atoms with Crippen LogP contribution in [-0.4, -0.2) is 41.6 Å². The molecule has 2 aromatic rings. The molecule has 1 N–H and O–H groups in total. The van der Waals surface area contributed by atoms with E-state index in [2.05, 4.69) is 22.2 Å².